The Balaban J connectivity index is 1.71. The Hall–Kier alpha value is -2.68. The average molecular weight is 431 g/mol. The number of anilines is 1. The van der Waals surface area contributed by atoms with Crippen LogP contribution in [0.5, 0.6) is 0 Å². The van der Waals surface area contributed by atoms with Gasteiger partial charge in [-0.25, -0.2) is 19.6 Å². The standard InChI is InChI=1S/C22H34N6O3/c1-6-16-19(21(29)31-7-2)17(25-22(30)24-16)13-27-8-10-28(11-9-27)18-12-15(5)23-20(26-18)14(3)4/h12,14,16H,6-11,13H2,1-5H3,(H2,24,25,30). The van der Waals surface area contributed by atoms with Crippen LogP contribution in [0, 0.1) is 6.92 Å². The molecule has 1 aromatic heterocycles. The Bertz CT molecular complexity index is 846. The quantitative estimate of drug-likeness (QED) is 0.638. The van der Waals surface area contributed by atoms with E-state index in [2.05, 4.69) is 39.3 Å². The maximum atomic E-state index is 12.6. The van der Waals surface area contributed by atoms with Crippen LogP contribution in [0.15, 0.2) is 17.3 Å². The average Bonchev–Trinajstić information content (AvgIpc) is 2.73. The van der Waals surface area contributed by atoms with Gasteiger partial charge in [-0.1, -0.05) is 20.8 Å². The zero-order valence-corrected chi connectivity index (χ0v) is 19.2. The normalized spacial score (nSPS) is 20.0. The third-order valence-electron chi connectivity index (χ3n) is 5.60. The first-order valence-electron chi connectivity index (χ1n) is 11.1. The third-order valence-corrected chi connectivity index (χ3v) is 5.60. The molecule has 31 heavy (non-hydrogen) atoms. The Morgan fingerprint density at radius 2 is 1.94 bits per heavy atom. The summed E-state index contributed by atoms with van der Waals surface area (Å²) in [5.41, 5.74) is 2.14. The number of amides is 2. The lowest BCUT2D eigenvalue weighted by Crippen LogP contribution is -2.54. The molecule has 1 aromatic rings. The summed E-state index contributed by atoms with van der Waals surface area (Å²) in [6, 6.07) is 1.43. The van der Waals surface area contributed by atoms with Crippen molar-refractivity contribution in [1.82, 2.24) is 25.5 Å². The van der Waals surface area contributed by atoms with Crippen molar-refractivity contribution in [2.75, 3.05) is 44.2 Å². The molecule has 1 unspecified atom stereocenters. The molecule has 3 rings (SSSR count). The van der Waals surface area contributed by atoms with E-state index in [9.17, 15) is 9.59 Å². The van der Waals surface area contributed by atoms with Gasteiger partial charge in [0, 0.05) is 56.1 Å². The monoisotopic (exact) mass is 430 g/mol. The highest BCUT2D eigenvalue weighted by molar-refractivity contribution is 5.94. The molecule has 2 amide bonds. The number of aryl methyl sites for hydroxylation is 1. The number of hydrogen-bond acceptors (Lipinski definition) is 7. The molecule has 9 nitrogen and oxygen atoms in total. The first-order valence-corrected chi connectivity index (χ1v) is 11.1. The second-order valence-corrected chi connectivity index (χ2v) is 8.32. The molecule has 0 aliphatic carbocycles. The van der Waals surface area contributed by atoms with Crippen molar-refractivity contribution in [2.45, 2.75) is 53.0 Å². The molecule has 170 valence electrons. The minimum absolute atomic E-state index is 0.272. The van der Waals surface area contributed by atoms with Gasteiger partial charge >= 0.3 is 12.0 Å². The summed E-state index contributed by atoms with van der Waals surface area (Å²) < 4.78 is 5.26. The number of urea groups is 1. The molecule has 2 aliphatic rings. The van der Waals surface area contributed by atoms with E-state index in [0.717, 1.165) is 43.5 Å². The van der Waals surface area contributed by atoms with E-state index in [1.165, 1.54) is 0 Å². The molecule has 9 heteroatoms. The summed E-state index contributed by atoms with van der Waals surface area (Å²) >= 11 is 0. The Labute approximate surface area is 184 Å². The van der Waals surface area contributed by atoms with Crippen LogP contribution in [0.3, 0.4) is 0 Å². The molecular formula is C22H34N6O3. The summed E-state index contributed by atoms with van der Waals surface area (Å²) in [4.78, 5) is 38.5. The first-order chi connectivity index (χ1) is 14.8. The fraction of sp³-hybridized carbons (Fsp3) is 0.636. The summed E-state index contributed by atoms with van der Waals surface area (Å²) in [5.74, 6) is 1.74. The molecule has 0 saturated carbocycles. The van der Waals surface area contributed by atoms with Crippen molar-refractivity contribution in [3.05, 3.63) is 28.9 Å². The van der Waals surface area contributed by atoms with Crippen molar-refractivity contribution < 1.29 is 14.3 Å². The van der Waals surface area contributed by atoms with E-state index in [0.29, 0.717) is 30.8 Å². The largest absolute Gasteiger partial charge is 0.463 e. The predicted octanol–water partition coefficient (Wildman–Crippen LogP) is 1.94. The molecule has 2 N–H and O–H groups in total. The summed E-state index contributed by atoms with van der Waals surface area (Å²) in [5, 5.41) is 5.66. The highest BCUT2D eigenvalue weighted by atomic mass is 16.5. The van der Waals surface area contributed by atoms with Crippen LogP contribution in [0.4, 0.5) is 10.6 Å². The molecule has 1 saturated heterocycles. The highest BCUT2D eigenvalue weighted by Gasteiger charge is 2.32. The molecule has 0 radical (unpaired) electrons. The van der Waals surface area contributed by atoms with Gasteiger partial charge in [-0.05, 0) is 20.3 Å². The van der Waals surface area contributed by atoms with E-state index in [1.54, 1.807) is 6.92 Å². The maximum Gasteiger partial charge on any atom is 0.337 e. The van der Waals surface area contributed by atoms with Crippen molar-refractivity contribution >= 4 is 17.8 Å². The minimum atomic E-state index is -0.367. The fourth-order valence-electron chi connectivity index (χ4n) is 3.94. The number of piperazine rings is 1. The van der Waals surface area contributed by atoms with Crippen LogP contribution in [0.25, 0.3) is 0 Å². The van der Waals surface area contributed by atoms with Crippen LogP contribution in [0.2, 0.25) is 0 Å². The Morgan fingerprint density at radius 3 is 2.55 bits per heavy atom. The number of nitrogens with zero attached hydrogens (tertiary/aromatic N) is 4. The topological polar surface area (TPSA) is 99.7 Å². The van der Waals surface area contributed by atoms with Gasteiger partial charge in [0.15, 0.2) is 0 Å². The Kier molecular flexibility index (Phi) is 7.48. The van der Waals surface area contributed by atoms with Crippen LogP contribution in [0.1, 0.15) is 51.6 Å². The van der Waals surface area contributed by atoms with Crippen LogP contribution < -0.4 is 15.5 Å². The number of hydrogen-bond donors (Lipinski definition) is 2. The van der Waals surface area contributed by atoms with E-state index in [4.69, 9.17) is 9.72 Å². The number of esters is 1. The lowest BCUT2D eigenvalue weighted by Gasteiger charge is -2.37. The first kappa shape index (κ1) is 23.0. The molecule has 0 bridgehead atoms. The lowest BCUT2D eigenvalue weighted by atomic mass is 10.00. The van der Waals surface area contributed by atoms with Crippen molar-refractivity contribution in [1.29, 1.82) is 0 Å². The Morgan fingerprint density at radius 1 is 1.23 bits per heavy atom. The zero-order chi connectivity index (χ0) is 22.5. The second-order valence-electron chi connectivity index (χ2n) is 8.32. The molecule has 0 spiro atoms. The zero-order valence-electron chi connectivity index (χ0n) is 19.2. The number of nitrogens with one attached hydrogen (secondary N) is 2. The molecule has 3 heterocycles. The number of ether oxygens (including phenoxy) is 1. The van der Waals surface area contributed by atoms with E-state index in [-0.39, 0.29) is 24.0 Å². The lowest BCUT2D eigenvalue weighted by molar-refractivity contribution is -0.139. The van der Waals surface area contributed by atoms with Crippen LogP contribution in [-0.4, -0.2) is 72.2 Å². The summed E-state index contributed by atoms with van der Waals surface area (Å²) in [6.07, 6.45) is 0.629. The van der Waals surface area contributed by atoms with E-state index < -0.39 is 0 Å². The van der Waals surface area contributed by atoms with Crippen LogP contribution in [-0.2, 0) is 9.53 Å². The minimum Gasteiger partial charge on any atom is -0.463 e. The number of aromatic nitrogens is 2. The fourth-order valence-corrected chi connectivity index (χ4v) is 3.94. The van der Waals surface area contributed by atoms with Gasteiger partial charge in [0.05, 0.1) is 18.2 Å². The molecule has 1 atom stereocenters. The van der Waals surface area contributed by atoms with Crippen molar-refractivity contribution in [3.63, 3.8) is 0 Å². The highest BCUT2D eigenvalue weighted by Crippen LogP contribution is 2.21. The maximum absolute atomic E-state index is 12.6. The van der Waals surface area contributed by atoms with Gasteiger partial charge in [0.1, 0.15) is 11.6 Å². The van der Waals surface area contributed by atoms with Gasteiger partial charge in [-0.3, -0.25) is 4.90 Å². The molecule has 1 fully saturated rings. The van der Waals surface area contributed by atoms with Gasteiger partial charge < -0.3 is 20.3 Å². The summed E-state index contributed by atoms with van der Waals surface area (Å²) in [7, 11) is 0. The van der Waals surface area contributed by atoms with Crippen LogP contribution >= 0.6 is 0 Å². The SMILES string of the molecule is CCOC(=O)C1=C(CN2CCN(c3cc(C)nc(C(C)C)n3)CC2)NC(=O)NC1CC. The van der Waals surface area contributed by atoms with Gasteiger partial charge in [0.2, 0.25) is 0 Å². The van der Waals surface area contributed by atoms with Gasteiger partial charge in [-0.15, -0.1) is 0 Å². The molecule has 2 aliphatic heterocycles. The summed E-state index contributed by atoms with van der Waals surface area (Å²) in [6.45, 7) is 14.0. The number of rotatable bonds is 7. The second kappa shape index (κ2) is 10.1. The van der Waals surface area contributed by atoms with E-state index in [1.807, 2.05) is 19.9 Å². The third kappa shape index (κ3) is 5.52. The molecular weight excluding hydrogens is 396 g/mol. The van der Waals surface area contributed by atoms with Crippen molar-refractivity contribution in [2.24, 2.45) is 0 Å². The van der Waals surface area contributed by atoms with E-state index >= 15 is 0 Å². The number of carbonyl (C=O) groups excluding carboxylic acids is 2. The smallest absolute Gasteiger partial charge is 0.337 e. The van der Waals surface area contributed by atoms with Crippen molar-refractivity contribution in [3.8, 4) is 0 Å². The van der Waals surface area contributed by atoms with Gasteiger partial charge in [-0.2, -0.15) is 0 Å². The predicted molar refractivity (Wildman–Crippen MR) is 119 cm³/mol. The number of carbonyl (C=O) groups is 2. The molecule has 0 aromatic carbocycles. The van der Waals surface area contributed by atoms with Gasteiger partial charge in [0.25, 0.3) is 0 Å².